The monoisotopic (exact) mass is 752 g/mol. The van der Waals surface area contributed by atoms with Crippen LogP contribution in [0.4, 0.5) is 0 Å². The summed E-state index contributed by atoms with van der Waals surface area (Å²) < 4.78 is 0. The van der Waals surface area contributed by atoms with Crippen molar-refractivity contribution in [2.75, 3.05) is 0 Å². The molecule has 10 aromatic rings. The number of rotatable bonds is 6. The number of aromatic nitrogens is 2. The zero-order chi connectivity index (χ0) is 39.5. The highest BCUT2D eigenvalue weighted by molar-refractivity contribution is 6.07. The maximum atomic E-state index is 5.50. The molecule has 1 heterocycles. The lowest BCUT2D eigenvalue weighted by Crippen LogP contribution is -2.17. The Labute approximate surface area is 345 Å². The molecule has 0 fully saturated rings. The highest BCUT2D eigenvalue weighted by Crippen LogP contribution is 2.55. The van der Waals surface area contributed by atoms with Gasteiger partial charge in [0.1, 0.15) is 0 Å². The summed E-state index contributed by atoms with van der Waals surface area (Å²) in [6.45, 7) is 4.79. The van der Waals surface area contributed by atoms with E-state index in [4.69, 9.17) is 9.97 Å². The maximum Gasteiger partial charge on any atom is 0.161 e. The van der Waals surface area contributed by atoms with Gasteiger partial charge in [-0.05, 0) is 95.4 Å². The van der Waals surface area contributed by atoms with Gasteiger partial charge in [0.15, 0.2) is 5.82 Å². The Morgan fingerprint density at radius 2 is 0.831 bits per heavy atom. The van der Waals surface area contributed by atoms with Crippen LogP contribution >= 0.6 is 0 Å². The molecule has 0 unspecified atom stereocenters. The summed E-state index contributed by atoms with van der Waals surface area (Å²) in [5.41, 5.74) is 17.2. The standard InChI is InChI=1S/C57H40N2/c1-57(2)54-43-24-13-12-21-39(43)29-32-49(54)48-28-16-27-47(55(48)57)46-33-34-50(45-26-15-14-25-44(45)46)56-58-52(40-22-10-5-11-23-40)36-53(59-56)51-35-41(37-17-6-3-7-18-37)30-31-42(51)38-19-8-4-9-20-38/h3-36H,1-2H3. The first kappa shape index (κ1) is 34.8. The van der Waals surface area contributed by atoms with Gasteiger partial charge in [-0.25, -0.2) is 9.97 Å². The van der Waals surface area contributed by atoms with Gasteiger partial charge in [0.2, 0.25) is 0 Å². The normalized spacial score (nSPS) is 12.7. The minimum absolute atomic E-state index is 0.200. The number of hydrogen-bond donors (Lipinski definition) is 0. The van der Waals surface area contributed by atoms with Crippen molar-refractivity contribution in [2.45, 2.75) is 19.3 Å². The first-order chi connectivity index (χ1) is 29.0. The second-order valence-corrected chi connectivity index (χ2v) is 16.1. The number of benzene rings is 9. The molecule has 0 bridgehead atoms. The third kappa shape index (κ3) is 5.79. The van der Waals surface area contributed by atoms with Crippen LogP contribution in [0, 0.1) is 0 Å². The molecule has 59 heavy (non-hydrogen) atoms. The first-order valence-corrected chi connectivity index (χ1v) is 20.4. The summed E-state index contributed by atoms with van der Waals surface area (Å²) >= 11 is 0. The average molecular weight is 753 g/mol. The second-order valence-electron chi connectivity index (χ2n) is 16.1. The van der Waals surface area contributed by atoms with E-state index in [0.717, 1.165) is 50.2 Å². The van der Waals surface area contributed by atoms with Gasteiger partial charge in [-0.2, -0.15) is 0 Å². The van der Waals surface area contributed by atoms with Crippen LogP contribution in [0.3, 0.4) is 0 Å². The Morgan fingerprint density at radius 1 is 0.305 bits per heavy atom. The Bertz CT molecular complexity index is 3220. The fraction of sp³-hybridized carbons (Fsp3) is 0.0526. The zero-order valence-corrected chi connectivity index (χ0v) is 33.0. The number of nitrogens with zero attached hydrogens (tertiary/aromatic N) is 2. The van der Waals surface area contributed by atoms with Crippen molar-refractivity contribution in [3.8, 4) is 78.4 Å². The Hall–Kier alpha value is -7.42. The van der Waals surface area contributed by atoms with E-state index in [-0.39, 0.29) is 5.41 Å². The van der Waals surface area contributed by atoms with Gasteiger partial charge in [-0.3, -0.25) is 0 Å². The van der Waals surface area contributed by atoms with Gasteiger partial charge >= 0.3 is 0 Å². The van der Waals surface area contributed by atoms with Crippen LogP contribution in [0.15, 0.2) is 206 Å². The predicted octanol–water partition coefficient (Wildman–Crippen LogP) is 15.1. The molecular weight excluding hydrogens is 713 g/mol. The van der Waals surface area contributed by atoms with Crippen LogP contribution in [0.25, 0.3) is 100.0 Å². The van der Waals surface area contributed by atoms with Crippen LogP contribution in [0.1, 0.15) is 25.0 Å². The molecule has 2 heteroatoms. The summed E-state index contributed by atoms with van der Waals surface area (Å²) in [6.07, 6.45) is 0. The van der Waals surface area contributed by atoms with E-state index in [1.807, 2.05) is 0 Å². The van der Waals surface area contributed by atoms with E-state index in [1.54, 1.807) is 0 Å². The molecular formula is C57H40N2. The van der Waals surface area contributed by atoms with E-state index >= 15 is 0 Å². The zero-order valence-electron chi connectivity index (χ0n) is 33.0. The Morgan fingerprint density at radius 3 is 1.56 bits per heavy atom. The van der Waals surface area contributed by atoms with Crippen LogP contribution in [0.5, 0.6) is 0 Å². The molecule has 0 atom stereocenters. The third-order valence-electron chi connectivity index (χ3n) is 12.3. The Balaban J connectivity index is 1.12. The second kappa shape index (κ2) is 13.9. The van der Waals surface area contributed by atoms with Crippen molar-refractivity contribution < 1.29 is 0 Å². The SMILES string of the molecule is CC1(C)c2c(cccc2-c2ccc(-c3nc(-c4ccccc4)cc(-c4cc(-c5ccccc5)ccc4-c4ccccc4)n3)c3ccccc23)-c2ccc3ccccc3c21. The molecule has 9 aromatic carbocycles. The van der Waals surface area contributed by atoms with Gasteiger partial charge in [-0.15, -0.1) is 0 Å². The van der Waals surface area contributed by atoms with Crippen molar-refractivity contribution in [3.05, 3.63) is 217 Å². The van der Waals surface area contributed by atoms with E-state index < -0.39 is 0 Å². The molecule has 1 aliphatic carbocycles. The maximum absolute atomic E-state index is 5.50. The van der Waals surface area contributed by atoms with Crippen LogP contribution in [-0.4, -0.2) is 9.97 Å². The average Bonchev–Trinajstić information content (AvgIpc) is 3.55. The van der Waals surface area contributed by atoms with E-state index in [0.29, 0.717) is 5.82 Å². The fourth-order valence-corrected chi connectivity index (χ4v) is 9.60. The molecule has 2 nitrogen and oxygen atoms in total. The van der Waals surface area contributed by atoms with Crippen molar-refractivity contribution in [2.24, 2.45) is 0 Å². The lowest BCUT2D eigenvalue weighted by Gasteiger charge is -2.26. The summed E-state index contributed by atoms with van der Waals surface area (Å²) in [6, 6.07) is 74.1. The molecule has 0 radical (unpaired) electrons. The molecule has 0 saturated carbocycles. The molecule has 1 aromatic heterocycles. The van der Waals surface area contributed by atoms with Gasteiger partial charge in [0.05, 0.1) is 11.4 Å². The summed E-state index contributed by atoms with van der Waals surface area (Å²) in [4.78, 5) is 10.9. The lowest BCUT2D eigenvalue weighted by molar-refractivity contribution is 0.668. The summed E-state index contributed by atoms with van der Waals surface area (Å²) in [7, 11) is 0. The lowest BCUT2D eigenvalue weighted by atomic mass is 9.77. The molecule has 0 spiro atoms. The van der Waals surface area contributed by atoms with Gasteiger partial charge in [0, 0.05) is 22.1 Å². The molecule has 278 valence electrons. The largest absolute Gasteiger partial charge is 0.228 e. The van der Waals surface area contributed by atoms with Crippen LogP contribution in [0.2, 0.25) is 0 Å². The van der Waals surface area contributed by atoms with Crippen LogP contribution in [-0.2, 0) is 5.41 Å². The molecule has 1 aliphatic rings. The van der Waals surface area contributed by atoms with Crippen molar-refractivity contribution in [1.29, 1.82) is 0 Å². The third-order valence-corrected chi connectivity index (χ3v) is 12.3. The summed E-state index contributed by atoms with van der Waals surface area (Å²) in [5.74, 6) is 0.700. The highest BCUT2D eigenvalue weighted by atomic mass is 14.9. The molecule has 11 rings (SSSR count). The minimum atomic E-state index is -0.200. The molecule has 0 saturated heterocycles. The van der Waals surface area contributed by atoms with Crippen LogP contribution < -0.4 is 0 Å². The topological polar surface area (TPSA) is 25.8 Å². The van der Waals surface area contributed by atoms with Crippen molar-refractivity contribution >= 4 is 21.5 Å². The van der Waals surface area contributed by atoms with E-state index in [9.17, 15) is 0 Å². The van der Waals surface area contributed by atoms with E-state index in [2.05, 4.69) is 220 Å². The fourth-order valence-electron chi connectivity index (χ4n) is 9.60. The van der Waals surface area contributed by atoms with Gasteiger partial charge in [-0.1, -0.05) is 202 Å². The Kier molecular flexibility index (Phi) is 8.20. The minimum Gasteiger partial charge on any atom is -0.228 e. The molecule has 0 aliphatic heterocycles. The van der Waals surface area contributed by atoms with E-state index in [1.165, 1.54) is 55.1 Å². The van der Waals surface area contributed by atoms with Crippen molar-refractivity contribution in [3.63, 3.8) is 0 Å². The molecule has 0 N–H and O–H groups in total. The summed E-state index contributed by atoms with van der Waals surface area (Å²) in [5, 5.41) is 4.91. The smallest absolute Gasteiger partial charge is 0.161 e. The number of hydrogen-bond acceptors (Lipinski definition) is 2. The van der Waals surface area contributed by atoms with Crippen molar-refractivity contribution in [1.82, 2.24) is 9.97 Å². The van der Waals surface area contributed by atoms with Gasteiger partial charge < -0.3 is 0 Å². The quantitative estimate of drug-likeness (QED) is 0.169. The molecule has 0 amide bonds. The number of fused-ring (bicyclic) bond motifs is 6. The van der Waals surface area contributed by atoms with Gasteiger partial charge in [0.25, 0.3) is 0 Å². The highest BCUT2D eigenvalue weighted by Gasteiger charge is 2.39. The predicted molar refractivity (Wildman–Crippen MR) is 247 cm³/mol. The first-order valence-electron chi connectivity index (χ1n) is 20.4.